The van der Waals surface area contributed by atoms with Gasteiger partial charge in [0, 0.05) is 11.8 Å². The smallest absolute Gasteiger partial charge is 0.248 e. The maximum Gasteiger partial charge on any atom is 0.248 e. The van der Waals surface area contributed by atoms with E-state index in [2.05, 4.69) is 15.2 Å². The molecule has 0 unspecified atom stereocenters. The van der Waals surface area contributed by atoms with Crippen LogP contribution in [0.3, 0.4) is 0 Å². The molecule has 0 bridgehead atoms. The molecule has 0 fully saturated rings. The van der Waals surface area contributed by atoms with Crippen LogP contribution in [0.1, 0.15) is 10.4 Å². The number of hydrogen-bond donors (Lipinski definition) is 1. The first-order chi connectivity index (χ1) is 6.27. The first kappa shape index (κ1) is 7.60. The second-order valence-corrected chi connectivity index (χ2v) is 2.52. The molecule has 5 nitrogen and oxygen atoms in total. The minimum atomic E-state index is -0.498. The molecule has 13 heavy (non-hydrogen) atoms. The van der Waals surface area contributed by atoms with Gasteiger partial charge in [0.05, 0.1) is 6.20 Å². The van der Waals surface area contributed by atoms with Gasteiger partial charge in [-0.05, 0) is 12.1 Å². The van der Waals surface area contributed by atoms with Crippen molar-refractivity contribution in [2.75, 3.05) is 0 Å². The van der Waals surface area contributed by atoms with Crippen LogP contribution >= 0.6 is 0 Å². The average Bonchev–Trinajstić information content (AvgIpc) is 2.42. The number of primary amides is 1. The van der Waals surface area contributed by atoms with E-state index in [0.717, 1.165) is 0 Å². The summed E-state index contributed by atoms with van der Waals surface area (Å²) in [6.45, 7) is 0. The van der Waals surface area contributed by atoms with Crippen molar-refractivity contribution < 1.29 is 4.79 Å². The van der Waals surface area contributed by atoms with Gasteiger partial charge in [0.15, 0.2) is 0 Å². The predicted molar refractivity (Wildman–Crippen MR) is 45.0 cm³/mol. The van der Waals surface area contributed by atoms with E-state index < -0.39 is 5.91 Å². The van der Waals surface area contributed by atoms with Crippen LogP contribution in [0.5, 0.6) is 0 Å². The van der Waals surface area contributed by atoms with Gasteiger partial charge in [0.2, 0.25) is 5.91 Å². The highest BCUT2D eigenvalue weighted by molar-refractivity contribution is 5.93. The summed E-state index contributed by atoms with van der Waals surface area (Å²) in [6.07, 6.45) is 3.03. The van der Waals surface area contributed by atoms with Crippen LogP contribution in [-0.2, 0) is 0 Å². The Bertz CT molecular complexity index is 429. The molecule has 2 rings (SSSR count). The van der Waals surface area contributed by atoms with E-state index in [1.165, 1.54) is 12.4 Å². The van der Waals surface area contributed by atoms with Crippen molar-refractivity contribution in [3.63, 3.8) is 0 Å². The van der Waals surface area contributed by atoms with Crippen LogP contribution < -0.4 is 5.73 Å². The maximum atomic E-state index is 10.9. The summed E-state index contributed by atoms with van der Waals surface area (Å²) < 4.78 is 0. The number of carbonyl (C=O) groups is 1. The highest BCUT2D eigenvalue weighted by Crippen LogP contribution is 2.14. The topological polar surface area (TPSA) is 81.8 Å². The molecule has 0 radical (unpaired) electrons. The lowest BCUT2D eigenvalue weighted by molar-refractivity contribution is 0.100. The normalized spacial score (nSPS) is 10.2. The lowest BCUT2D eigenvalue weighted by Gasteiger charge is -1.87. The number of amides is 1. The summed E-state index contributed by atoms with van der Waals surface area (Å²) in [5.74, 6) is -0.498. The van der Waals surface area contributed by atoms with Gasteiger partial charge in [0.25, 0.3) is 0 Å². The van der Waals surface area contributed by atoms with Crippen LogP contribution in [0.25, 0.3) is 11.4 Å². The number of nitrogens with two attached hydrogens (primary N) is 1. The van der Waals surface area contributed by atoms with Crippen LogP contribution in [0, 0.1) is 0 Å². The molecule has 2 N–H and O–H groups in total. The molecule has 0 spiro atoms. The van der Waals surface area contributed by atoms with Gasteiger partial charge in [-0.15, -0.1) is 5.10 Å². The molecule has 0 aromatic heterocycles. The second-order valence-electron chi connectivity index (χ2n) is 2.52. The van der Waals surface area contributed by atoms with Crippen molar-refractivity contribution in [1.29, 1.82) is 0 Å². The monoisotopic (exact) mass is 174 g/mol. The van der Waals surface area contributed by atoms with Gasteiger partial charge in [-0.2, -0.15) is 5.10 Å². The van der Waals surface area contributed by atoms with Gasteiger partial charge in [-0.3, -0.25) is 9.78 Å². The average molecular weight is 174 g/mol. The Kier molecular flexibility index (Phi) is 1.63. The number of carbonyl (C=O) groups excluding carboxylic acids is 1. The molecule has 1 amide bonds. The molecule has 2 heterocycles. The fourth-order valence-corrected chi connectivity index (χ4v) is 1.01. The lowest BCUT2D eigenvalue weighted by Crippen LogP contribution is -2.09. The van der Waals surface area contributed by atoms with Gasteiger partial charge in [-0.1, -0.05) is 0 Å². The van der Waals surface area contributed by atoms with Crippen molar-refractivity contribution in [3.8, 4) is 11.4 Å². The molecule has 0 aromatic carbocycles. The van der Waals surface area contributed by atoms with Crippen molar-refractivity contribution in [1.82, 2.24) is 15.2 Å². The summed E-state index contributed by atoms with van der Waals surface area (Å²) >= 11 is 0. The lowest BCUT2D eigenvalue weighted by atomic mass is 10.2. The molecule has 0 saturated heterocycles. The third-order valence-electron chi connectivity index (χ3n) is 1.65. The maximum absolute atomic E-state index is 10.9. The molecule has 64 valence electrons. The molecular formula is C8H6N4O. The minimum Gasteiger partial charge on any atom is -0.366 e. The summed E-state index contributed by atoms with van der Waals surface area (Å²) in [4.78, 5) is 14.9. The fourth-order valence-electron chi connectivity index (χ4n) is 1.01. The molecule has 2 aliphatic rings. The summed E-state index contributed by atoms with van der Waals surface area (Å²) in [7, 11) is 0. The first-order valence-electron chi connectivity index (χ1n) is 3.64. The van der Waals surface area contributed by atoms with E-state index in [0.29, 0.717) is 17.0 Å². The van der Waals surface area contributed by atoms with Crippen molar-refractivity contribution in [2.24, 2.45) is 5.73 Å². The Morgan fingerprint density at radius 2 is 2.23 bits per heavy atom. The molecule has 0 saturated carbocycles. The van der Waals surface area contributed by atoms with E-state index >= 15 is 0 Å². The van der Waals surface area contributed by atoms with E-state index in [1.807, 2.05) is 0 Å². The Hall–Kier alpha value is -2.04. The Morgan fingerprint density at radius 3 is 3.00 bits per heavy atom. The SMILES string of the molecule is NC(=O)c1ccnc2cnnc-2c1. The highest BCUT2D eigenvalue weighted by Gasteiger charge is 2.07. The summed E-state index contributed by atoms with van der Waals surface area (Å²) in [5, 5.41) is 7.45. The molecular weight excluding hydrogens is 168 g/mol. The molecule has 2 aliphatic heterocycles. The third-order valence-corrected chi connectivity index (χ3v) is 1.65. The molecule has 0 aliphatic carbocycles. The Labute approximate surface area is 74.0 Å². The van der Waals surface area contributed by atoms with Crippen molar-refractivity contribution in [2.45, 2.75) is 0 Å². The van der Waals surface area contributed by atoms with Gasteiger partial charge < -0.3 is 5.73 Å². The second kappa shape index (κ2) is 2.78. The number of rotatable bonds is 1. The van der Waals surface area contributed by atoms with Gasteiger partial charge in [0.1, 0.15) is 11.4 Å². The van der Waals surface area contributed by atoms with Crippen LogP contribution in [0.4, 0.5) is 0 Å². The number of aromatic nitrogens is 3. The van der Waals surface area contributed by atoms with Crippen LogP contribution in [-0.4, -0.2) is 21.1 Å². The summed E-state index contributed by atoms with van der Waals surface area (Å²) in [6, 6.07) is 3.11. The summed E-state index contributed by atoms with van der Waals surface area (Å²) in [5.41, 5.74) is 6.71. The van der Waals surface area contributed by atoms with E-state index in [9.17, 15) is 4.79 Å². The van der Waals surface area contributed by atoms with E-state index in [1.54, 1.807) is 12.1 Å². The van der Waals surface area contributed by atoms with Crippen molar-refractivity contribution in [3.05, 3.63) is 30.1 Å². The molecule has 5 heteroatoms. The van der Waals surface area contributed by atoms with Crippen LogP contribution in [0.15, 0.2) is 24.5 Å². The zero-order valence-electron chi connectivity index (χ0n) is 6.64. The predicted octanol–water partition coefficient (Wildman–Crippen LogP) is 0.0753. The number of nitrogens with zero attached hydrogens (tertiary/aromatic N) is 3. The standard InChI is InChI=1S/C8H6N4O/c9-8(13)5-1-2-10-7-4-11-12-6(7)3-5/h1-4H,(H2,9,13). The Balaban J connectivity index is 2.64. The van der Waals surface area contributed by atoms with Crippen molar-refractivity contribution >= 4 is 5.91 Å². The number of hydrogen-bond acceptors (Lipinski definition) is 4. The van der Waals surface area contributed by atoms with Gasteiger partial charge in [-0.25, -0.2) is 0 Å². The zero-order chi connectivity index (χ0) is 9.26. The highest BCUT2D eigenvalue weighted by atomic mass is 16.1. The molecule has 0 atom stereocenters. The molecule has 0 aromatic rings. The Morgan fingerprint density at radius 1 is 1.38 bits per heavy atom. The van der Waals surface area contributed by atoms with E-state index in [4.69, 9.17) is 5.73 Å². The van der Waals surface area contributed by atoms with Gasteiger partial charge >= 0.3 is 0 Å². The minimum absolute atomic E-state index is 0.378. The van der Waals surface area contributed by atoms with E-state index in [-0.39, 0.29) is 0 Å². The third kappa shape index (κ3) is 1.31. The fraction of sp³-hybridized carbons (Fsp3) is 0. The quantitative estimate of drug-likeness (QED) is 0.663. The number of fused-ring (bicyclic) bond motifs is 1. The zero-order valence-corrected chi connectivity index (χ0v) is 6.64. The van der Waals surface area contributed by atoms with Crippen LogP contribution in [0.2, 0.25) is 0 Å². The largest absolute Gasteiger partial charge is 0.366 e. The first-order valence-corrected chi connectivity index (χ1v) is 3.64.